The third-order valence-corrected chi connectivity index (χ3v) is 12.1. The Morgan fingerprint density at radius 3 is 1.53 bits per heavy atom. The Morgan fingerprint density at radius 1 is 0.722 bits per heavy atom. The van der Waals surface area contributed by atoms with Crippen LogP contribution in [0.15, 0.2) is 131 Å². The zero-order chi connectivity index (χ0) is 25.6. The molecule has 0 saturated carbocycles. The quantitative estimate of drug-likeness (QED) is 0.203. The van der Waals surface area contributed by atoms with Gasteiger partial charge in [0, 0.05) is 0 Å². The molecule has 0 aliphatic rings. The van der Waals surface area contributed by atoms with Gasteiger partial charge in [0.1, 0.15) is 0 Å². The van der Waals surface area contributed by atoms with Crippen LogP contribution >= 0.6 is 30.6 Å². The van der Waals surface area contributed by atoms with Crippen molar-refractivity contribution in [3.05, 3.63) is 131 Å². The molecule has 0 atom stereocenters. The van der Waals surface area contributed by atoms with Crippen LogP contribution in [0.4, 0.5) is 0 Å². The number of hydrogen-bond acceptors (Lipinski definition) is 2. The second kappa shape index (κ2) is 11.5. The second-order valence-electron chi connectivity index (χ2n) is 9.66. The van der Waals surface area contributed by atoms with Crippen molar-refractivity contribution in [2.45, 2.75) is 25.7 Å². The van der Waals surface area contributed by atoms with E-state index in [1.165, 1.54) is 15.9 Å². The van der Waals surface area contributed by atoms with Crippen molar-refractivity contribution in [2.24, 2.45) is 5.41 Å². The Bertz CT molecular complexity index is 1220. The molecule has 0 fully saturated rings. The summed E-state index contributed by atoms with van der Waals surface area (Å²) >= 11 is 7.73. The predicted molar refractivity (Wildman–Crippen MR) is 160 cm³/mol. The number of amides is 1. The third-order valence-electron chi connectivity index (χ3n) is 6.08. The summed E-state index contributed by atoms with van der Waals surface area (Å²) < 4.78 is 0. The number of thioether (sulfide) groups is 1. The van der Waals surface area contributed by atoms with Crippen LogP contribution in [0.5, 0.6) is 0 Å². The molecule has 1 N–H and O–H groups in total. The Balaban J connectivity index is 2.02. The minimum atomic E-state index is -2.88. The van der Waals surface area contributed by atoms with Crippen LogP contribution in [0.3, 0.4) is 0 Å². The molecule has 1 amide bonds. The molecule has 0 saturated heterocycles. The van der Waals surface area contributed by atoms with Crippen molar-refractivity contribution in [1.82, 2.24) is 5.32 Å². The summed E-state index contributed by atoms with van der Waals surface area (Å²) in [6.07, 6.45) is 0. The van der Waals surface area contributed by atoms with Crippen LogP contribution in [-0.2, 0) is 4.79 Å². The maximum atomic E-state index is 13.5. The molecule has 0 unspecified atom stereocenters. The first-order valence-electron chi connectivity index (χ1n) is 11.9. The first kappa shape index (κ1) is 26.2. The van der Waals surface area contributed by atoms with Crippen LogP contribution in [-0.4, -0.2) is 5.91 Å². The van der Waals surface area contributed by atoms with Gasteiger partial charge in [-0.1, -0.05) is 0 Å². The molecule has 4 rings (SSSR count). The summed E-state index contributed by atoms with van der Waals surface area (Å²) in [5, 5.41) is 9.87. The van der Waals surface area contributed by atoms with Gasteiger partial charge in [0.25, 0.3) is 0 Å². The minimum absolute atomic E-state index is 0.00914. The van der Waals surface area contributed by atoms with Crippen molar-refractivity contribution < 1.29 is 4.79 Å². The number of benzene rings is 4. The predicted octanol–water partition coefficient (Wildman–Crippen LogP) is 7.12. The van der Waals surface area contributed by atoms with Gasteiger partial charge in [0.05, 0.1) is 0 Å². The number of nitrogens with one attached hydrogen (secondary N) is 1. The van der Waals surface area contributed by atoms with Gasteiger partial charge in [0.15, 0.2) is 0 Å². The van der Waals surface area contributed by atoms with E-state index in [4.69, 9.17) is 11.6 Å². The van der Waals surface area contributed by atoms with E-state index in [2.05, 4.69) is 83.5 Å². The molecule has 0 bridgehead atoms. The van der Waals surface area contributed by atoms with Gasteiger partial charge in [-0.3, -0.25) is 0 Å². The van der Waals surface area contributed by atoms with E-state index in [0.29, 0.717) is 5.02 Å². The Labute approximate surface area is 224 Å². The SMILES string of the molecule is CC(C)(C)C(=O)N/C(=C\Sc1ccc(Cl)cc1)[PH](c1ccccc1)(c1ccccc1)c1ccccc1. The Morgan fingerprint density at radius 2 is 1.14 bits per heavy atom. The van der Waals surface area contributed by atoms with Gasteiger partial charge < -0.3 is 0 Å². The summed E-state index contributed by atoms with van der Waals surface area (Å²) in [7, 11) is -2.88. The van der Waals surface area contributed by atoms with E-state index in [9.17, 15) is 4.79 Å². The standard InChI is InChI=1S/C31H31ClNOPS/c1-31(2,3)30(34)33-29(23-36-28-21-19-24(32)20-22-28)35(25-13-7-4-8-14-25,26-15-9-5-10-16-26)27-17-11-6-12-18-27/h4-23,35H,1-3H3,(H,33,34)/b29-23+. The van der Waals surface area contributed by atoms with E-state index < -0.39 is 12.7 Å². The fourth-order valence-corrected chi connectivity index (χ4v) is 10.1. The van der Waals surface area contributed by atoms with Crippen LogP contribution in [0.25, 0.3) is 0 Å². The van der Waals surface area contributed by atoms with E-state index in [1.54, 1.807) is 11.8 Å². The average Bonchev–Trinajstić information content (AvgIpc) is 2.90. The number of rotatable bonds is 7. The van der Waals surface area contributed by atoms with Crippen molar-refractivity contribution >= 4 is 52.4 Å². The van der Waals surface area contributed by atoms with E-state index in [-0.39, 0.29) is 5.91 Å². The zero-order valence-electron chi connectivity index (χ0n) is 20.7. The van der Waals surface area contributed by atoms with Gasteiger partial charge in [-0.05, 0) is 0 Å². The average molecular weight is 532 g/mol. The van der Waals surface area contributed by atoms with Gasteiger partial charge >= 0.3 is 225 Å². The molecule has 0 heterocycles. The second-order valence-corrected chi connectivity index (χ2v) is 14.8. The topological polar surface area (TPSA) is 29.1 Å². The normalized spacial score (nSPS) is 12.7. The van der Waals surface area contributed by atoms with Crippen LogP contribution in [0, 0.1) is 5.41 Å². The molecule has 0 radical (unpaired) electrons. The first-order chi connectivity index (χ1) is 17.3. The molecule has 0 aromatic heterocycles. The fraction of sp³-hybridized carbons (Fsp3) is 0.129. The Kier molecular flexibility index (Phi) is 8.36. The molecule has 0 spiro atoms. The van der Waals surface area contributed by atoms with Crippen LogP contribution < -0.4 is 21.2 Å². The van der Waals surface area contributed by atoms with Gasteiger partial charge in [0.2, 0.25) is 0 Å². The summed E-state index contributed by atoms with van der Waals surface area (Å²) in [5.41, 5.74) is 0.389. The van der Waals surface area contributed by atoms with Crippen molar-refractivity contribution in [1.29, 1.82) is 0 Å². The summed E-state index contributed by atoms with van der Waals surface area (Å²) in [6, 6.07) is 39.5. The van der Waals surface area contributed by atoms with Gasteiger partial charge in [-0.25, -0.2) is 0 Å². The molecule has 36 heavy (non-hydrogen) atoms. The van der Waals surface area contributed by atoms with E-state index in [1.807, 2.05) is 63.2 Å². The molecular weight excluding hydrogens is 501 g/mol. The maximum absolute atomic E-state index is 13.5. The Hall–Kier alpha value is -2.84. The molecule has 5 heteroatoms. The van der Waals surface area contributed by atoms with Crippen LogP contribution in [0.1, 0.15) is 20.8 Å². The molecular formula is C31H31ClNOPS. The fourth-order valence-electron chi connectivity index (χ4n) is 4.19. The number of carbonyl (C=O) groups excluding carboxylic acids is 1. The molecule has 2 nitrogen and oxygen atoms in total. The van der Waals surface area contributed by atoms with E-state index >= 15 is 0 Å². The summed E-state index contributed by atoms with van der Waals surface area (Å²) in [5.74, 6) is -0.00914. The summed E-state index contributed by atoms with van der Waals surface area (Å²) in [6.45, 7) is 5.84. The van der Waals surface area contributed by atoms with Crippen LogP contribution in [0.2, 0.25) is 5.02 Å². The van der Waals surface area contributed by atoms with Crippen molar-refractivity contribution in [3.63, 3.8) is 0 Å². The zero-order valence-corrected chi connectivity index (χ0v) is 23.3. The van der Waals surface area contributed by atoms with E-state index in [0.717, 1.165) is 10.3 Å². The molecule has 0 aliphatic carbocycles. The molecule has 0 aliphatic heterocycles. The van der Waals surface area contributed by atoms with Crippen molar-refractivity contribution in [2.75, 3.05) is 0 Å². The number of halogens is 1. The van der Waals surface area contributed by atoms with Crippen molar-refractivity contribution in [3.8, 4) is 0 Å². The monoisotopic (exact) mass is 531 g/mol. The molecule has 4 aromatic carbocycles. The molecule has 4 aromatic rings. The molecule has 184 valence electrons. The number of carbonyl (C=O) groups is 1. The van der Waals surface area contributed by atoms with Gasteiger partial charge in [-0.15, -0.1) is 0 Å². The third kappa shape index (κ3) is 5.76. The first-order valence-corrected chi connectivity index (χ1v) is 15.2. The summed E-state index contributed by atoms with van der Waals surface area (Å²) in [4.78, 5) is 14.6. The number of hydrogen-bond donors (Lipinski definition) is 1. The van der Waals surface area contributed by atoms with Gasteiger partial charge in [-0.2, -0.15) is 0 Å².